The van der Waals surface area contributed by atoms with Crippen molar-refractivity contribution in [1.82, 2.24) is 4.98 Å². The smallest absolute Gasteiger partial charge is 0.255 e. The molecule has 0 saturated carbocycles. The lowest BCUT2D eigenvalue weighted by Gasteiger charge is -2.11. The number of fused-ring (bicyclic) bond motifs is 1. The van der Waals surface area contributed by atoms with E-state index in [-0.39, 0.29) is 17.7 Å². The standard InChI is InChI=1S/C22H23N3O4/c1-13(2)22-25-17-12-16(8-9-18(17)29-22)23-20(26)14-5-3-6-15(11-14)24-21(27)19-7-4-10-28-19/h3,5-6,8-9,11-13,19H,4,7,10H2,1-2H3,(H,23,26)(H,24,27). The van der Waals surface area contributed by atoms with Crippen molar-refractivity contribution >= 4 is 34.3 Å². The normalized spacial score (nSPS) is 16.3. The Morgan fingerprint density at radius 3 is 2.69 bits per heavy atom. The first kappa shape index (κ1) is 19.1. The number of carbonyl (C=O) groups excluding carboxylic acids is 2. The highest BCUT2D eigenvalue weighted by atomic mass is 16.5. The van der Waals surface area contributed by atoms with Crippen molar-refractivity contribution in [2.45, 2.75) is 38.7 Å². The number of nitrogens with zero attached hydrogens (tertiary/aromatic N) is 1. The van der Waals surface area contributed by atoms with E-state index in [0.29, 0.717) is 40.5 Å². The van der Waals surface area contributed by atoms with Gasteiger partial charge in [-0.2, -0.15) is 0 Å². The Kier molecular flexibility index (Phi) is 5.31. The fourth-order valence-electron chi connectivity index (χ4n) is 3.22. The van der Waals surface area contributed by atoms with E-state index in [1.54, 1.807) is 42.5 Å². The predicted octanol–water partition coefficient (Wildman–Crippen LogP) is 4.32. The van der Waals surface area contributed by atoms with Gasteiger partial charge >= 0.3 is 0 Å². The van der Waals surface area contributed by atoms with Crippen molar-refractivity contribution in [3.63, 3.8) is 0 Å². The number of aromatic nitrogens is 1. The topological polar surface area (TPSA) is 93.5 Å². The Morgan fingerprint density at radius 1 is 1.10 bits per heavy atom. The minimum absolute atomic E-state index is 0.183. The van der Waals surface area contributed by atoms with Gasteiger partial charge in [-0.15, -0.1) is 0 Å². The van der Waals surface area contributed by atoms with Crippen LogP contribution in [-0.2, 0) is 9.53 Å². The third-order valence-corrected chi connectivity index (χ3v) is 4.77. The van der Waals surface area contributed by atoms with Gasteiger partial charge in [-0.05, 0) is 49.2 Å². The molecule has 1 fully saturated rings. The van der Waals surface area contributed by atoms with Gasteiger partial charge in [-0.3, -0.25) is 9.59 Å². The average Bonchev–Trinajstić information content (AvgIpc) is 3.38. The summed E-state index contributed by atoms with van der Waals surface area (Å²) in [6, 6.07) is 12.2. The molecule has 1 aromatic heterocycles. The summed E-state index contributed by atoms with van der Waals surface area (Å²) >= 11 is 0. The third kappa shape index (κ3) is 4.30. The van der Waals surface area contributed by atoms with Crippen molar-refractivity contribution in [3.8, 4) is 0 Å². The first-order valence-electron chi connectivity index (χ1n) is 9.74. The lowest BCUT2D eigenvalue weighted by atomic mass is 10.1. The molecule has 2 aromatic carbocycles. The summed E-state index contributed by atoms with van der Waals surface area (Å²) in [4.78, 5) is 29.3. The molecule has 29 heavy (non-hydrogen) atoms. The summed E-state index contributed by atoms with van der Waals surface area (Å²) in [6.45, 7) is 4.63. The molecule has 7 nitrogen and oxygen atoms in total. The van der Waals surface area contributed by atoms with E-state index in [9.17, 15) is 9.59 Å². The van der Waals surface area contributed by atoms with Crippen LogP contribution in [-0.4, -0.2) is 29.5 Å². The highest BCUT2D eigenvalue weighted by Crippen LogP contribution is 2.24. The van der Waals surface area contributed by atoms with Crippen molar-refractivity contribution in [1.29, 1.82) is 0 Å². The molecule has 2 N–H and O–H groups in total. The molecule has 150 valence electrons. The van der Waals surface area contributed by atoms with Crippen LogP contribution in [0.3, 0.4) is 0 Å². The molecule has 1 atom stereocenters. The molecule has 3 aromatic rings. The second-order valence-electron chi connectivity index (χ2n) is 7.42. The number of nitrogens with one attached hydrogen (secondary N) is 2. The molecule has 1 saturated heterocycles. The zero-order valence-electron chi connectivity index (χ0n) is 16.4. The molecule has 7 heteroatoms. The van der Waals surface area contributed by atoms with Crippen LogP contribution in [0.2, 0.25) is 0 Å². The summed E-state index contributed by atoms with van der Waals surface area (Å²) in [5.41, 5.74) is 3.01. The van der Waals surface area contributed by atoms with Crippen LogP contribution >= 0.6 is 0 Å². The molecule has 0 spiro atoms. The second kappa shape index (κ2) is 8.05. The number of hydrogen-bond acceptors (Lipinski definition) is 5. The largest absolute Gasteiger partial charge is 0.440 e. The Labute approximate surface area is 168 Å². The number of carbonyl (C=O) groups is 2. The van der Waals surface area contributed by atoms with E-state index in [2.05, 4.69) is 15.6 Å². The Balaban J connectivity index is 1.46. The summed E-state index contributed by atoms with van der Waals surface area (Å²) in [5.74, 6) is 0.397. The molecule has 1 unspecified atom stereocenters. The van der Waals surface area contributed by atoms with E-state index >= 15 is 0 Å². The molecular formula is C22H23N3O4. The lowest BCUT2D eigenvalue weighted by Crippen LogP contribution is -2.27. The van der Waals surface area contributed by atoms with Crippen molar-refractivity contribution in [2.75, 3.05) is 17.2 Å². The maximum Gasteiger partial charge on any atom is 0.255 e. The van der Waals surface area contributed by atoms with Crippen LogP contribution in [0.4, 0.5) is 11.4 Å². The highest BCUT2D eigenvalue weighted by molar-refractivity contribution is 6.06. The number of amides is 2. The molecule has 0 bridgehead atoms. The van der Waals surface area contributed by atoms with Crippen LogP contribution in [0, 0.1) is 0 Å². The molecule has 2 heterocycles. The van der Waals surface area contributed by atoms with Gasteiger partial charge in [0.25, 0.3) is 11.8 Å². The maximum absolute atomic E-state index is 12.7. The van der Waals surface area contributed by atoms with Crippen molar-refractivity contribution in [3.05, 3.63) is 53.9 Å². The van der Waals surface area contributed by atoms with Crippen LogP contribution < -0.4 is 10.6 Å². The SMILES string of the molecule is CC(C)c1nc2cc(NC(=O)c3cccc(NC(=O)C4CCCO4)c3)ccc2o1. The van der Waals surface area contributed by atoms with Crippen LogP contribution in [0.15, 0.2) is 46.9 Å². The van der Waals surface area contributed by atoms with Gasteiger partial charge in [0.05, 0.1) is 0 Å². The highest BCUT2D eigenvalue weighted by Gasteiger charge is 2.23. The molecule has 0 radical (unpaired) electrons. The first-order valence-corrected chi connectivity index (χ1v) is 9.74. The predicted molar refractivity (Wildman–Crippen MR) is 110 cm³/mol. The summed E-state index contributed by atoms with van der Waals surface area (Å²) in [6.07, 6.45) is 1.18. The lowest BCUT2D eigenvalue weighted by molar-refractivity contribution is -0.124. The maximum atomic E-state index is 12.7. The number of benzene rings is 2. The van der Waals surface area contributed by atoms with Crippen LogP contribution in [0.1, 0.15) is 48.9 Å². The van der Waals surface area contributed by atoms with E-state index in [1.165, 1.54) is 0 Å². The van der Waals surface area contributed by atoms with Gasteiger partial charge in [0.1, 0.15) is 11.6 Å². The van der Waals surface area contributed by atoms with Gasteiger partial charge < -0.3 is 19.8 Å². The monoisotopic (exact) mass is 393 g/mol. The zero-order chi connectivity index (χ0) is 20.4. The van der Waals surface area contributed by atoms with Crippen molar-refractivity contribution < 1.29 is 18.7 Å². The number of rotatable bonds is 5. The molecule has 1 aliphatic heterocycles. The molecule has 4 rings (SSSR count). The third-order valence-electron chi connectivity index (χ3n) is 4.77. The molecule has 1 aliphatic rings. The van der Waals surface area contributed by atoms with Crippen molar-refractivity contribution in [2.24, 2.45) is 0 Å². The van der Waals surface area contributed by atoms with Gasteiger partial charge in [-0.1, -0.05) is 19.9 Å². The van der Waals surface area contributed by atoms with Gasteiger partial charge in [-0.25, -0.2) is 4.98 Å². The quantitative estimate of drug-likeness (QED) is 0.673. The summed E-state index contributed by atoms with van der Waals surface area (Å²) in [5, 5.41) is 5.68. The Hall–Kier alpha value is -3.19. The summed E-state index contributed by atoms with van der Waals surface area (Å²) < 4.78 is 11.1. The molecule has 0 aliphatic carbocycles. The number of oxazole rings is 1. The Bertz CT molecular complexity index is 1050. The van der Waals surface area contributed by atoms with Gasteiger partial charge in [0.15, 0.2) is 11.5 Å². The fourth-order valence-corrected chi connectivity index (χ4v) is 3.22. The molecule has 2 amide bonds. The number of anilines is 2. The van der Waals surface area contributed by atoms with E-state index in [4.69, 9.17) is 9.15 Å². The minimum atomic E-state index is -0.419. The number of hydrogen-bond donors (Lipinski definition) is 2. The van der Waals surface area contributed by atoms with Gasteiger partial charge in [0.2, 0.25) is 0 Å². The summed E-state index contributed by atoms with van der Waals surface area (Å²) in [7, 11) is 0. The van der Waals surface area contributed by atoms with E-state index < -0.39 is 6.10 Å². The van der Waals surface area contributed by atoms with Crippen LogP contribution in [0.5, 0.6) is 0 Å². The first-order chi connectivity index (χ1) is 14.0. The minimum Gasteiger partial charge on any atom is -0.440 e. The molecular weight excluding hydrogens is 370 g/mol. The van der Waals surface area contributed by atoms with Gasteiger partial charge in [0, 0.05) is 29.5 Å². The Morgan fingerprint density at radius 2 is 1.93 bits per heavy atom. The zero-order valence-corrected chi connectivity index (χ0v) is 16.4. The van der Waals surface area contributed by atoms with E-state index in [0.717, 1.165) is 12.8 Å². The average molecular weight is 393 g/mol. The van der Waals surface area contributed by atoms with E-state index in [1.807, 2.05) is 13.8 Å². The fraction of sp³-hybridized carbons (Fsp3) is 0.318. The second-order valence-corrected chi connectivity index (χ2v) is 7.42. The number of ether oxygens (including phenoxy) is 1. The van der Waals surface area contributed by atoms with Crippen LogP contribution in [0.25, 0.3) is 11.1 Å².